The highest BCUT2D eigenvalue weighted by Gasteiger charge is 2.31. The van der Waals surface area contributed by atoms with Crippen LogP contribution in [0, 0.1) is 11.7 Å². The summed E-state index contributed by atoms with van der Waals surface area (Å²) in [6, 6.07) is 6.17. The molecule has 2 aliphatic rings. The fourth-order valence-electron chi connectivity index (χ4n) is 4.54. The van der Waals surface area contributed by atoms with Crippen molar-refractivity contribution in [3.63, 3.8) is 0 Å². The van der Waals surface area contributed by atoms with Crippen LogP contribution in [0.25, 0.3) is 11.4 Å². The molecule has 5 rings (SSSR count). The second-order valence-corrected chi connectivity index (χ2v) is 9.42. The van der Waals surface area contributed by atoms with Crippen LogP contribution < -0.4 is 0 Å². The Labute approximate surface area is 178 Å². The maximum absolute atomic E-state index is 13.5. The van der Waals surface area contributed by atoms with Crippen molar-refractivity contribution in [1.82, 2.24) is 15.0 Å². The molecule has 1 saturated heterocycles. The fourth-order valence-corrected chi connectivity index (χ4v) is 5.77. The SMILES string of the molecule is CC1CCc2c(C(=O)N3CCCC(c4nc(-c5cccc(F)c5)no4)C3)csc2C1. The van der Waals surface area contributed by atoms with E-state index >= 15 is 0 Å². The van der Waals surface area contributed by atoms with E-state index in [4.69, 9.17) is 4.52 Å². The first-order valence-corrected chi connectivity index (χ1v) is 11.4. The Hall–Kier alpha value is -2.54. The Morgan fingerprint density at radius 3 is 3.10 bits per heavy atom. The van der Waals surface area contributed by atoms with Crippen LogP contribution in [-0.2, 0) is 12.8 Å². The molecule has 0 N–H and O–H groups in total. The van der Waals surface area contributed by atoms with Crippen LogP contribution in [0.5, 0.6) is 0 Å². The minimum absolute atomic E-state index is 0.00648. The summed E-state index contributed by atoms with van der Waals surface area (Å²) in [5.41, 5.74) is 2.73. The summed E-state index contributed by atoms with van der Waals surface area (Å²) >= 11 is 1.73. The van der Waals surface area contributed by atoms with Gasteiger partial charge in [0.15, 0.2) is 0 Å². The molecular weight excluding hydrogens is 401 g/mol. The zero-order chi connectivity index (χ0) is 20.7. The number of aromatic nitrogens is 2. The molecule has 0 saturated carbocycles. The highest BCUT2D eigenvalue weighted by Crippen LogP contribution is 2.35. The fraction of sp³-hybridized carbons (Fsp3) is 0.435. The van der Waals surface area contributed by atoms with Gasteiger partial charge in [0.2, 0.25) is 11.7 Å². The van der Waals surface area contributed by atoms with Crippen molar-refractivity contribution in [2.75, 3.05) is 13.1 Å². The zero-order valence-electron chi connectivity index (χ0n) is 16.9. The molecule has 0 bridgehead atoms. The summed E-state index contributed by atoms with van der Waals surface area (Å²) in [5, 5.41) is 6.08. The number of hydrogen-bond acceptors (Lipinski definition) is 5. The number of halogens is 1. The first-order valence-electron chi connectivity index (χ1n) is 10.6. The van der Waals surface area contributed by atoms with E-state index in [-0.39, 0.29) is 17.6 Å². The number of fused-ring (bicyclic) bond motifs is 1. The largest absolute Gasteiger partial charge is 0.339 e. The van der Waals surface area contributed by atoms with Crippen molar-refractivity contribution >= 4 is 17.2 Å². The molecule has 1 aliphatic heterocycles. The zero-order valence-corrected chi connectivity index (χ0v) is 17.8. The summed E-state index contributed by atoms with van der Waals surface area (Å²) in [4.78, 5) is 21.1. The van der Waals surface area contributed by atoms with Crippen LogP contribution in [0.15, 0.2) is 34.2 Å². The number of carbonyl (C=O) groups is 1. The van der Waals surface area contributed by atoms with Crippen LogP contribution in [0.3, 0.4) is 0 Å². The van der Waals surface area contributed by atoms with Gasteiger partial charge in [-0.3, -0.25) is 4.79 Å². The second-order valence-electron chi connectivity index (χ2n) is 8.46. The van der Waals surface area contributed by atoms with E-state index in [1.54, 1.807) is 23.5 Å². The summed E-state index contributed by atoms with van der Waals surface area (Å²) in [6.45, 7) is 3.60. The number of thiophene rings is 1. The Bertz CT molecular complexity index is 1080. The molecule has 0 radical (unpaired) electrons. The van der Waals surface area contributed by atoms with Crippen molar-refractivity contribution < 1.29 is 13.7 Å². The standard InChI is InChI=1S/C23H24FN3O2S/c1-14-7-8-18-19(13-30-20(18)10-14)23(28)27-9-3-5-16(12-27)22-25-21(26-29-22)15-4-2-6-17(24)11-15/h2,4,6,11,13-14,16H,3,5,7-10,12H2,1H3. The normalized spacial score (nSPS) is 21.5. The number of nitrogens with zero attached hydrogens (tertiary/aromatic N) is 3. The smallest absolute Gasteiger partial charge is 0.255 e. The third kappa shape index (κ3) is 3.67. The number of carbonyl (C=O) groups excluding carboxylic acids is 1. The number of amides is 1. The first-order chi connectivity index (χ1) is 14.6. The molecule has 7 heteroatoms. The number of benzene rings is 1. The van der Waals surface area contributed by atoms with Crippen molar-refractivity contribution in [1.29, 1.82) is 0 Å². The molecule has 1 aliphatic carbocycles. The van der Waals surface area contributed by atoms with Gasteiger partial charge in [-0.05, 0) is 55.7 Å². The van der Waals surface area contributed by atoms with Crippen LogP contribution in [-0.4, -0.2) is 34.0 Å². The molecule has 1 fully saturated rings. The lowest BCUT2D eigenvalue weighted by atomic mass is 9.88. The molecule has 2 atom stereocenters. The lowest BCUT2D eigenvalue weighted by molar-refractivity contribution is 0.0694. The van der Waals surface area contributed by atoms with Crippen LogP contribution in [0.2, 0.25) is 0 Å². The molecule has 5 nitrogen and oxygen atoms in total. The van der Waals surface area contributed by atoms with Gasteiger partial charge >= 0.3 is 0 Å². The van der Waals surface area contributed by atoms with E-state index in [1.165, 1.54) is 22.6 Å². The maximum atomic E-state index is 13.5. The van der Waals surface area contributed by atoms with Gasteiger partial charge in [0, 0.05) is 28.9 Å². The number of likely N-dealkylation sites (tertiary alicyclic amines) is 1. The third-order valence-corrected chi connectivity index (χ3v) is 7.27. The van der Waals surface area contributed by atoms with E-state index in [9.17, 15) is 9.18 Å². The van der Waals surface area contributed by atoms with E-state index in [2.05, 4.69) is 17.1 Å². The Balaban J connectivity index is 1.33. The van der Waals surface area contributed by atoms with Crippen molar-refractivity contribution in [2.24, 2.45) is 5.92 Å². The van der Waals surface area contributed by atoms with Gasteiger partial charge < -0.3 is 9.42 Å². The van der Waals surface area contributed by atoms with Crippen LogP contribution in [0.4, 0.5) is 4.39 Å². The van der Waals surface area contributed by atoms with Gasteiger partial charge in [-0.25, -0.2) is 4.39 Å². The topological polar surface area (TPSA) is 59.2 Å². The third-order valence-electron chi connectivity index (χ3n) is 6.21. The highest BCUT2D eigenvalue weighted by atomic mass is 32.1. The molecule has 30 heavy (non-hydrogen) atoms. The minimum atomic E-state index is -0.332. The predicted molar refractivity (Wildman–Crippen MR) is 113 cm³/mol. The molecule has 3 aromatic rings. The summed E-state index contributed by atoms with van der Waals surface area (Å²) in [6.07, 6.45) is 5.03. The monoisotopic (exact) mass is 425 g/mol. The molecule has 156 valence electrons. The van der Waals surface area contributed by atoms with Gasteiger partial charge in [0.25, 0.3) is 5.91 Å². The summed E-state index contributed by atoms with van der Waals surface area (Å²) in [7, 11) is 0. The molecule has 2 unspecified atom stereocenters. The first kappa shape index (κ1) is 19.4. The minimum Gasteiger partial charge on any atom is -0.339 e. The molecule has 0 spiro atoms. The van der Waals surface area contributed by atoms with E-state index in [1.807, 2.05) is 10.3 Å². The maximum Gasteiger partial charge on any atom is 0.255 e. The Morgan fingerprint density at radius 1 is 1.33 bits per heavy atom. The van der Waals surface area contributed by atoms with Crippen molar-refractivity contribution in [3.8, 4) is 11.4 Å². The van der Waals surface area contributed by atoms with Crippen molar-refractivity contribution in [3.05, 3.63) is 57.4 Å². The van der Waals surface area contributed by atoms with Gasteiger partial charge in [-0.1, -0.05) is 24.2 Å². The predicted octanol–water partition coefficient (Wildman–Crippen LogP) is 5.08. The Morgan fingerprint density at radius 2 is 2.23 bits per heavy atom. The molecule has 1 aromatic carbocycles. The lowest BCUT2D eigenvalue weighted by Crippen LogP contribution is -2.39. The van der Waals surface area contributed by atoms with Crippen LogP contribution in [0.1, 0.15) is 58.8 Å². The van der Waals surface area contributed by atoms with Crippen molar-refractivity contribution in [2.45, 2.75) is 44.9 Å². The van der Waals surface area contributed by atoms with Gasteiger partial charge in [0.1, 0.15) is 5.82 Å². The summed E-state index contributed by atoms with van der Waals surface area (Å²) < 4.78 is 19.0. The van der Waals surface area contributed by atoms with E-state index in [0.29, 0.717) is 29.7 Å². The second kappa shape index (κ2) is 7.95. The Kier molecular flexibility index (Phi) is 5.15. The van der Waals surface area contributed by atoms with Crippen LogP contribution >= 0.6 is 11.3 Å². The molecular formula is C23H24FN3O2S. The number of hydrogen-bond donors (Lipinski definition) is 0. The number of piperidine rings is 1. The average Bonchev–Trinajstić information content (AvgIpc) is 3.40. The quantitative estimate of drug-likeness (QED) is 0.587. The highest BCUT2D eigenvalue weighted by molar-refractivity contribution is 7.10. The van der Waals surface area contributed by atoms with E-state index in [0.717, 1.165) is 44.2 Å². The van der Waals surface area contributed by atoms with E-state index < -0.39 is 0 Å². The number of rotatable bonds is 3. The molecule has 2 aromatic heterocycles. The van der Waals surface area contributed by atoms with Gasteiger partial charge in [-0.2, -0.15) is 4.98 Å². The lowest BCUT2D eigenvalue weighted by Gasteiger charge is -2.31. The molecule has 3 heterocycles. The van der Waals surface area contributed by atoms with Gasteiger partial charge in [-0.15, -0.1) is 11.3 Å². The average molecular weight is 426 g/mol. The van der Waals surface area contributed by atoms with Gasteiger partial charge in [0.05, 0.1) is 11.5 Å². The summed E-state index contributed by atoms with van der Waals surface area (Å²) in [5.74, 6) is 1.40. The molecule has 1 amide bonds.